The first kappa shape index (κ1) is 9.20. The predicted molar refractivity (Wildman–Crippen MR) is 48.5 cm³/mol. The Morgan fingerprint density at radius 3 is 2.67 bits per heavy atom. The molecule has 1 aromatic rings. The zero-order valence-electron chi connectivity index (χ0n) is 7.47. The molecule has 0 amide bonds. The molecule has 0 heterocycles. The van der Waals surface area contributed by atoms with Crippen molar-refractivity contribution in [2.75, 3.05) is 0 Å². The van der Waals surface area contributed by atoms with E-state index in [4.69, 9.17) is 5.73 Å². The second-order valence-electron chi connectivity index (χ2n) is 3.28. The first-order chi connectivity index (χ1) is 5.59. The highest BCUT2D eigenvalue weighted by molar-refractivity contribution is 5.23. The molecule has 0 saturated carbocycles. The van der Waals surface area contributed by atoms with Gasteiger partial charge in [0.15, 0.2) is 0 Å². The Balaban J connectivity index is 2.86. The fraction of sp³-hybridized carbons (Fsp3) is 0.400. The van der Waals surface area contributed by atoms with Crippen molar-refractivity contribution in [2.45, 2.75) is 26.3 Å². The number of hydrogen-bond acceptors (Lipinski definition) is 1. The van der Waals surface area contributed by atoms with Crippen LogP contribution < -0.4 is 5.73 Å². The maximum absolute atomic E-state index is 13.2. The van der Waals surface area contributed by atoms with E-state index in [1.165, 1.54) is 6.07 Å². The van der Waals surface area contributed by atoms with E-state index in [1.54, 1.807) is 6.07 Å². The first-order valence-electron chi connectivity index (χ1n) is 4.10. The summed E-state index contributed by atoms with van der Waals surface area (Å²) in [5, 5.41) is 0. The highest BCUT2D eigenvalue weighted by atomic mass is 19.1. The summed E-state index contributed by atoms with van der Waals surface area (Å²) in [4.78, 5) is 0. The van der Waals surface area contributed by atoms with Crippen LogP contribution >= 0.6 is 0 Å². The minimum atomic E-state index is -0.146. The van der Waals surface area contributed by atoms with Crippen molar-refractivity contribution >= 4 is 0 Å². The summed E-state index contributed by atoms with van der Waals surface area (Å²) >= 11 is 0. The van der Waals surface area contributed by atoms with Gasteiger partial charge in [0.25, 0.3) is 0 Å². The van der Waals surface area contributed by atoms with Crippen LogP contribution in [0.2, 0.25) is 0 Å². The molecule has 1 atom stereocenters. The highest BCUT2D eigenvalue weighted by Gasteiger charge is 2.03. The summed E-state index contributed by atoms with van der Waals surface area (Å²) in [6.45, 7) is 3.75. The molecule has 2 N–H and O–H groups in total. The van der Waals surface area contributed by atoms with Crippen LogP contribution in [0.3, 0.4) is 0 Å². The van der Waals surface area contributed by atoms with Crippen molar-refractivity contribution in [3.05, 3.63) is 35.1 Å². The van der Waals surface area contributed by atoms with Crippen LogP contribution in [0.25, 0.3) is 0 Å². The lowest BCUT2D eigenvalue weighted by atomic mass is 10.1. The quantitative estimate of drug-likeness (QED) is 0.716. The largest absolute Gasteiger partial charge is 0.328 e. The molecular weight excluding hydrogens is 153 g/mol. The van der Waals surface area contributed by atoms with E-state index in [9.17, 15) is 4.39 Å². The summed E-state index contributed by atoms with van der Waals surface area (Å²) < 4.78 is 13.2. The number of aryl methyl sites for hydroxylation is 1. The summed E-state index contributed by atoms with van der Waals surface area (Å²) in [5.74, 6) is -0.146. The van der Waals surface area contributed by atoms with Crippen LogP contribution in [-0.2, 0) is 6.42 Å². The van der Waals surface area contributed by atoms with E-state index >= 15 is 0 Å². The molecule has 0 unspecified atom stereocenters. The van der Waals surface area contributed by atoms with Crippen molar-refractivity contribution in [3.63, 3.8) is 0 Å². The lowest BCUT2D eigenvalue weighted by Crippen LogP contribution is -2.18. The fourth-order valence-corrected chi connectivity index (χ4v) is 1.16. The molecule has 0 aromatic heterocycles. The molecule has 1 rings (SSSR count). The van der Waals surface area contributed by atoms with Crippen LogP contribution in [0.4, 0.5) is 4.39 Å². The standard InChI is InChI=1S/C10H14FN/c1-7-3-4-9(6-8(2)12)10(11)5-7/h3-5,8H,6,12H2,1-2H3/t8-/m1/s1. The molecule has 0 bridgehead atoms. The minimum absolute atomic E-state index is 0.0159. The third-order valence-electron chi connectivity index (χ3n) is 1.75. The summed E-state index contributed by atoms with van der Waals surface area (Å²) in [6.07, 6.45) is 0.603. The zero-order valence-corrected chi connectivity index (χ0v) is 7.47. The van der Waals surface area contributed by atoms with Crippen molar-refractivity contribution < 1.29 is 4.39 Å². The van der Waals surface area contributed by atoms with Gasteiger partial charge in [-0.1, -0.05) is 12.1 Å². The van der Waals surface area contributed by atoms with E-state index in [1.807, 2.05) is 19.9 Å². The number of halogens is 1. The lowest BCUT2D eigenvalue weighted by Gasteiger charge is -2.06. The Morgan fingerprint density at radius 2 is 2.17 bits per heavy atom. The van der Waals surface area contributed by atoms with Crippen LogP contribution in [0.5, 0.6) is 0 Å². The normalized spacial score (nSPS) is 13.0. The van der Waals surface area contributed by atoms with Crippen LogP contribution in [0.15, 0.2) is 18.2 Å². The topological polar surface area (TPSA) is 26.0 Å². The molecule has 12 heavy (non-hydrogen) atoms. The molecule has 0 aliphatic carbocycles. The molecule has 0 aliphatic rings. The minimum Gasteiger partial charge on any atom is -0.328 e. The second-order valence-corrected chi connectivity index (χ2v) is 3.28. The summed E-state index contributed by atoms with van der Waals surface area (Å²) in [7, 11) is 0. The second kappa shape index (κ2) is 3.68. The molecule has 0 spiro atoms. The van der Waals surface area contributed by atoms with Gasteiger partial charge in [0, 0.05) is 6.04 Å². The van der Waals surface area contributed by atoms with Crippen molar-refractivity contribution in [1.29, 1.82) is 0 Å². The van der Waals surface area contributed by atoms with E-state index in [0.717, 1.165) is 5.56 Å². The van der Waals surface area contributed by atoms with Gasteiger partial charge in [-0.3, -0.25) is 0 Å². The average Bonchev–Trinajstić information content (AvgIpc) is 1.94. The molecule has 1 nitrogen and oxygen atoms in total. The van der Waals surface area contributed by atoms with Gasteiger partial charge in [0.05, 0.1) is 0 Å². The zero-order chi connectivity index (χ0) is 9.14. The maximum Gasteiger partial charge on any atom is 0.126 e. The molecule has 66 valence electrons. The summed E-state index contributed by atoms with van der Waals surface area (Å²) in [6, 6.07) is 5.26. The van der Waals surface area contributed by atoms with Crippen molar-refractivity contribution in [3.8, 4) is 0 Å². The number of hydrogen-bond donors (Lipinski definition) is 1. The maximum atomic E-state index is 13.2. The Kier molecular flexibility index (Phi) is 2.82. The summed E-state index contributed by atoms with van der Waals surface area (Å²) in [5.41, 5.74) is 7.21. The number of benzene rings is 1. The van der Waals surface area contributed by atoms with Crippen molar-refractivity contribution in [2.24, 2.45) is 5.73 Å². The number of rotatable bonds is 2. The van der Waals surface area contributed by atoms with Gasteiger partial charge in [-0.2, -0.15) is 0 Å². The van der Waals surface area contributed by atoms with Crippen molar-refractivity contribution in [1.82, 2.24) is 0 Å². The Hall–Kier alpha value is -0.890. The molecule has 0 radical (unpaired) electrons. The van der Waals surface area contributed by atoms with Gasteiger partial charge in [0.1, 0.15) is 5.82 Å². The van der Waals surface area contributed by atoms with E-state index < -0.39 is 0 Å². The monoisotopic (exact) mass is 167 g/mol. The third kappa shape index (κ3) is 2.31. The fourth-order valence-electron chi connectivity index (χ4n) is 1.16. The molecule has 0 saturated heterocycles. The van der Waals surface area contributed by atoms with Gasteiger partial charge < -0.3 is 5.73 Å². The van der Waals surface area contributed by atoms with Gasteiger partial charge in [-0.05, 0) is 37.5 Å². The first-order valence-corrected chi connectivity index (χ1v) is 4.10. The average molecular weight is 167 g/mol. The third-order valence-corrected chi connectivity index (χ3v) is 1.75. The Bertz CT molecular complexity index is 269. The van der Waals surface area contributed by atoms with Gasteiger partial charge >= 0.3 is 0 Å². The van der Waals surface area contributed by atoms with Crippen LogP contribution in [0, 0.1) is 12.7 Å². The number of nitrogens with two attached hydrogens (primary N) is 1. The van der Waals surface area contributed by atoms with Crippen LogP contribution in [-0.4, -0.2) is 6.04 Å². The highest BCUT2D eigenvalue weighted by Crippen LogP contribution is 2.11. The molecule has 0 fully saturated rings. The SMILES string of the molecule is Cc1ccc(C[C@@H](C)N)c(F)c1. The lowest BCUT2D eigenvalue weighted by molar-refractivity contribution is 0.595. The van der Waals surface area contributed by atoms with Crippen LogP contribution in [0.1, 0.15) is 18.1 Å². The molecular formula is C10H14FN. The predicted octanol–water partition coefficient (Wildman–Crippen LogP) is 2.02. The molecule has 1 aromatic carbocycles. The molecule has 0 aliphatic heterocycles. The Labute approximate surface area is 72.4 Å². The Morgan fingerprint density at radius 1 is 1.50 bits per heavy atom. The van der Waals surface area contributed by atoms with E-state index in [0.29, 0.717) is 12.0 Å². The molecule has 2 heteroatoms. The smallest absolute Gasteiger partial charge is 0.126 e. The van der Waals surface area contributed by atoms with E-state index in [2.05, 4.69) is 0 Å². The van der Waals surface area contributed by atoms with E-state index in [-0.39, 0.29) is 11.9 Å². The van der Waals surface area contributed by atoms with Gasteiger partial charge in [-0.25, -0.2) is 4.39 Å². The van der Waals surface area contributed by atoms with Gasteiger partial charge in [-0.15, -0.1) is 0 Å². The van der Waals surface area contributed by atoms with Gasteiger partial charge in [0.2, 0.25) is 0 Å².